The lowest BCUT2D eigenvalue weighted by Crippen LogP contribution is -2.76. The van der Waals surface area contributed by atoms with Crippen LogP contribution in [0, 0.1) is 0 Å². The molecule has 70 heavy (non-hydrogen) atoms. The highest BCUT2D eigenvalue weighted by Gasteiger charge is 2.47. The van der Waals surface area contributed by atoms with Crippen molar-refractivity contribution >= 4 is 94.2 Å². The predicted octanol–water partition coefficient (Wildman–Crippen LogP) is 12.2. The van der Waals surface area contributed by atoms with Crippen molar-refractivity contribution < 1.29 is 0 Å². The molecule has 0 fully saturated rings. The van der Waals surface area contributed by atoms with Gasteiger partial charge < -0.3 is 9.13 Å². The van der Waals surface area contributed by atoms with Gasteiger partial charge in [0, 0.05) is 49.1 Å². The van der Waals surface area contributed by atoms with Gasteiger partial charge in [-0.15, -0.1) is 0 Å². The van der Waals surface area contributed by atoms with Gasteiger partial charge in [0.05, 0.1) is 38.8 Å². The maximum Gasteiger partial charge on any atom is 0.238 e. The van der Waals surface area contributed by atoms with Gasteiger partial charge in [0.2, 0.25) is 5.95 Å². The van der Waals surface area contributed by atoms with Gasteiger partial charge in [-0.25, -0.2) is 4.98 Å². The smallest absolute Gasteiger partial charge is 0.238 e. The van der Waals surface area contributed by atoms with E-state index in [-0.39, 0.29) is 0 Å². The van der Waals surface area contributed by atoms with Gasteiger partial charge in [0.25, 0.3) is 0 Å². The van der Waals surface area contributed by atoms with Gasteiger partial charge in [-0.3, -0.25) is 4.57 Å². The molecule has 326 valence electrons. The van der Waals surface area contributed by atoms with Crippen LogP contribution in [0.1, 0.15) is 0 Å². The van der Waals surface area contributed by atoms with Gasteiger partial charge in [0.15, 0.2) is 19.7 Å². The fourth-order valence-electron chi connectivity index (χ4n) is 12.0. The van der Waals surface area contributed by atoms with Crippen LogP contribution in [0.2, 0.25) is 0 Å². The normalized spacial score (nSPS) is 14.3. The van der Waals surface area contributed by atoms with E-state index in [1.54, 1.807) is 0 Å². The van der Waals surface area contributed by atoms with Gasteiger partial charge in [-0.2, -0.15) is 9.97 Å². The van der Waals surface area contributed by atoms with E-state index in [0.29, 0.717) is 17.6 Å². The summed E-state index contributed by atoms with van der Waals surface area (Å²) in [6.07, 6.45) is 0. The maximum absolute atomic E-state index is 5.57. The Balaban J connectivity index is 1.03. The summed E-state index contributed by atoms with van der Waals surface area (Å²) in [5.41, 5.74) is 10.9. The summed E-state index contributed by atoms with van der Waals surface area (Å²) in [5, 5.41) is 12.5. The molecule has 1 aliphatic heterocycles. The summed E-state index contributed by atoms with van der Waals surface area (Å²) in [4.78, 5) is 16.6. The molecule has 6 nitrogen and oxygen atoms in total. The standard InChI is InChI=1S/C63H40N6Si/c1-2-21-42(22-3-1)70(58-38-17-16-37-57(58)68-53-33-12-8-28-48(53)49-30-19-39-59(70)60(49)68)43-23-18-20-41(40-43)61-64-62(66-63(65-61)69-54-34-13-6-26-46(54)47-27-7-14-35-55(47)69)50-29-9-15-36-56(50)67-51-31-10-4-24-44(51)45-25-5-11-32-52(45)67/h1-40H. The van der Waals surface area contributed by atoms with Crippen LogP contribution in [0.4, 0.5) is 0 Å². The molecule has 0 N–H and O–H groups in total. The van der Waals surface area contributed by atoms with Gasteiger partial charge >= 0.3 is 0 Å². The number of nitrogens with zero attached hydrogens (tertiary/aromatic N) is 6. The highest BCUT2D eigenvalue weighted by atomic mass is 28.3. The van der Waals surface area contributed by atoms with Crippen molar-refractivity contribution in [1.29, 1.82) is 0 Å². The lowest BCUT2D eigenvalue weighted by Gasteiger charge is -2.39. The number of para-hydroxylation sites is 8. The van der Waals surface area contributed by atoms with Crippen molar-refractivity contribution in [3.63, 3.8) is 0 Å². The first kappa shape index (κ1) is 38.9. The lowest BCUT2D eigenvalue weighted by molar-refractivity contribution is 0.952. The number of hydrogen-bond donors (Lipinski definition) is 0. The molecule has 14 aromatic rings. The number of rotatable bonds is 6. The molecule has 10 aromatic carbocycles. The molecule has 15 rings (SSSR count). The molecule has 1 aliphatic rings. The van der Waals surface area contributed by atoms with E-state index < -0.39 is 8.07 Å². The number of benzene rings is 10. The second-order valence-electron chi connectivity index (χ2n) is 18.3. The molecule has 0 bridgehead atoms. The van der Waals surface area contributed by atoms with E-state index in [1.807, 2.05) is 0 Å². The Kier molecular flexibility index (Phi) is 8.28. The second-order valence-corrected chi connectivity index (χ2v) is 22.0. The van der Waals surface area contributed by atoms with Crippen LogP contribution in [0.15, 0.2) is 243 Å². The van der Waals surface area contributed by atoms with Crippen molar-refractivity contribution in [1.82, 2.24) is 28.7 Å². The minimum absolute atomic E-state index is 0.562. The number of fused-ring (bicyclic) bond motifs is 11. The highest BCUT2D eigenvalue weighted by molar-refractivity contribution is 7.21. The zero-order valence-electron chi connectivity index (χ0n) is 37.8. The van der Waals surface area contributed by atoms with Crippen LogP contribution in [0.3, 0.4) is 0 Å². The first-order chi connectivity index (χ1) is 34.8. The summed E-state index contributed by atoms with van der Waals surface area (Å²) < 4.78 is 7.08. The van der Waals surface area contributed by atoms with Crippen LogP contribution >= 0.6 is 0 Å². The fourth-order valence-corrected chi connectivity index (χ4v) is 17.1. The van der Waals surface area contributed by atoms with Gasteiger partial charge in [-0.05, 0) is 69.3 Å². The third-order valence-corrected chi connectivity index (χ3v) is 19.6. The van der Waals surface area contributed by atoms with Crippen molar-refractivity contribution in [3.8, 4) is 40.1 Å². The first-order valence-corrected chi connectivity index (χ1v) is 25.9. The minimum Gasteiger partial charge on any atom is -0.309 e. The molecule has 1 unspecified atom stereocenters. The topological polar surface area (TPSA) is 53.5 Å². The van der Waals surface area contributed by atoms with Crippen LogP contribution < -0.4 is 20.7 Å². The molecule has 0 aliphatic carbocycles. The van der Waals surface area contributed by atoms with Crippen molar-refractivity contribution in [2.45, 2.75) is 0 Å². The Hall–Kier alpha value is -9.17. The Bertz CT molecular complexity index is 4340. The monoisotopic (exact) mass is 908 g/mol. The van der Waals surface area contributed by atoms with Gasteiger partial charge in [0.1, 0.15) is 0 Å². The van der Waals surface area contributed by atoms with Crippen LogP contribution in [0.25, 0.3) is 106 Å². The van der Waals surface area contributed by atoms with Crippen molar-refractivity contribution in [2.75, 3.05) is 0 Å². The Morgan fingerprint density at radius 2 is 0.757 bits per heavy atom. The van der Waals surface area contributed by atoms with E-state index in [2.05, 4.69) is 256 Å². The van der Waals surface area contributed by atoms with Crippen molar-refractivity contribution in [2.24, 2.45) is 0 Å². The van der Waals surface area contributed by atoms with Crippen LogP contribution in [0.5, 0.6) is 0 Å². The summed E-state index contributed by atoms with van der Waals surface area (Å²) in [7, 11) is -3.05. The largest absolute Gasteiger partial charge is 0.309 e. The molecular formula is C63H40N6Si. The molecule has 7 heteroatoms. The summed E-state index contributed by atoms with van der Waals surface area (Å²) in [6.45, 7) is 0. The third kappa shape index (κ3) is 5.35. The van der Waals surface area contributed by atoms with E-state index in [0.717, 1.165) is 49.7 Å². The van der Waals surface area contributed by atoms with E-state index in [9.17, 15) is 0 Å². The van der Waals surface area contributed by atoms with Crippen LogP contribution in [-0.2, 0) is 0 Å². The summed E-state index contributed by atoms with van der Waals surface area (Å²) in [6, 6.07) is 88.2. The highest BCUT2D eigenvalue weighted by Crippen LogP contribution is 2.39. The molecule has 0 amide bonds. The van der Waals surface area contributed by atoms with Gasteiger partial charge in [-0.1, -0.05) is 194 Å². The minimum atomic E-state index is -3.05. The Morgan fingerprint density at radius 3 is 1.41 bits per heavy atom. The quantitative estimate of drug-likeness (QED) is 0.156. The average molecular weight is 909 g/mol. The number of aromatic nitrogens is 6. The Morgan fingerprint density at radius 1 is 0.300 bits per heavy atom. The zero-order valence-corrected chi connectivity index (χ0v) is 38.8. The fraction of sp³-hybridized carbons (Fsp3) is 0. The molecule has 4 aromatic heterocycles. The molecule has 1 atom stereocenters. The van der Waals surface area contributed by atoms with Crippen LogP contribution in [-0.4, -0.2) is 36.7 Å². The molecular weight excluding hydrogens is 869 g/mol. The number of hydrogen-bond acceptors (Lipinski definition) is 3. The SMILES string of the molecule is c1ccc([Si]2(c3cccc(-c4nc(-c5ccccc5-n5c6ccccc6c6ccccc65)nc(-n5c6ccccc6c6ccccc65)n4)c3)c3ccccc3-n3c4ccccc4c4cccc2c43)cc1. The zero-order chi connectivity index (χ0) is 45.9. The molecule has 0 saturated carbocycles. The molecule has 0 saturated heterocycles. The maximum atomic E-state index is 5.57. The molecule has 0 spiro atoms. The predicted molar refractivity (Wildman–Crippen MR) is 291 cm³/mol. The molecule has 0 radical (unpaired) electrons. The second kappa shape index (κ2) is 14.9. The van der Waals surface area contributed by atoms with E-state index in [1.165, 1.54) is 59.0 Å². The summed E-state index contributed by atoms with van der Waals surface area (Å²) in [5.74, 6) is 1.76. The Labute approximate surface area is 403 Å². The summed E-state index contributed by atoms with van der Waals surface area (Å²) >= 11 is 0. The van der Waals surface area contributed by atoms with Crippen molar-refractivity contribution in [3.05, 3.63) is 243 Å². The average Bonchev–Trinajstić information content (AvgIpc) is 4.08. The lowest BCUT2D eigenvalue weighted by atomic mass is 10.1. The molecule has 5 heterocycles. The first-order valence-electron chi connectivity index (χ1n) is 23.9. The van der Waals surface area contributed by atoms with E-state index >= 15 is 0 Å². The van der Waals surface area contributed by atoms with E-state index in [4.69, 9.17) is 15.0 Å². The third-order valence-electron chi connectivity index (χ3n) is 14.8.